The highest BCUT2D eigenvalue weighted by Gasteiger charge is 2.22. The molecule has 1 aromatic carbocycles. The van der Waals surface area contributed by atoms with E-state index in [0.29, 0.717) is 6.54 Å². The molecule has 1 amide bonds. The minimum atomic E-state index is 0.0293. The van der Waals surface area contributed by atoms with Crippen LogP contribution in [0.5, 0.6) is 0 Å². The smallest absolute Gasteiger partial charge is 0.270 e. The summed E-state index contributed by atoms with van der Waals surface area (Å²) in [4.78, 5) is 22.3. The highest BCUT2D eigenvalue weighted by Crippen LogP contribution is 2.31. The van der Waals surface area contributed by atoms with Crippen molar-refractivity contribution in [2.24, 2.45) is 0 Å². The number of aryl methyl sites for hydroxylation is 1. The second kappa shape index (κ2) is 7.42. The molecule has 6 heteroatoms. The van der Waals surface area contributed by atoms with Crippen LogP contribution >= 0.6 is 22.7 Å². The maximum Gasteiger partial charge on any atom is 0.270 e. The number of thiazole rings is 1. The first-order chi connectivity index (χ1) is 11.6. The number of carbonyl (C=O) groups excluding carboxylic acids is 1. The van der Waals surface area contributed by atoms with Crippen molar-refractivity contribution in [2.75, 3.05) is 32.1 Å². The van der Waals surface area contributed by atoms with Crippen molar-refractivity contribution < 1.29 is 4.79 Å². The second-order valence-electron chi connectivity index (χ2n) is 5.89. The Balaban J connectivity index is 1.96. The first-order valence-electron chi connectivity index (χ1n) is 7.98. The van der Waals surface area contributed by atoms with Crippen LogP contribution in [0.3, 0.4) is 0 Å². The Morgan fingerprint density at radius 2 is 2.04 bits per heavy atom. The first kappa shape index (κ1) is 17.1. The van der Waals surface area contributed by atoms with Crippen molar-refractivity contribution in [2.45, 2.75) is 13.3 Å². The van der Waals surface area contributed by atoms with Gasteiger partial charge < -0.3 is 4.90 Å². The molecule has 0 N–H and O–H groups in total. The molecule has 0 aliphatic carbocycles. The summed E-state index contributed by atoms with van der Waals surface area (Å²) in [6.07, 6.45) is 1.00. The fourth-order valence-corrected chi connectivity index (χ4v) is 4.14. The Kier molecular flexibility index (Phi) is 5.28. The lowest BCUT2D eigenvalue weighted by Gasteiger charge is -2.21. The maximum absolute atomic E-state index is 12.9. The number of amides is 1. The number of benzene rings is 1. The number of carbonyl (C=O) groups is 1. The summed E-state index contributed by atoms with van der Waals surface area (Å²) in [5, 5.41) is 2.71. The molecule has 2 heterocycles. The number of thiophene rings is 1. The van der Waals surface area contributed by atoms with Crippen LogP contribution in [0.15, 0.2) is 35.7 Å². The predicted molar refractivity (Wildman–Crippen MR) is 104 cm³/mol. The molecule has 0 aliphatic heterocycles. The molecule has 3 aromatic rings. The van der Waals surface area contributed by atoms with Crippen molar-refractivity contribution in [3.8, 4) is 0 Å². The van der Waals surface area contributed by atoms with E-state index < -0.39 is 0 Å². The summed E-state index contributed by atoms with van der Waals surface area (Å²) in [5.41, 5.74) is 2.25. The molecular weight excluding hydrogens is 338 g/mol. The van der Waals surface area contributed by atoms with E-state index in [9.17, 15) is 4.79 Å². The maximum atomic E-state index is 12.9. The lowest BCUT2D eigenvalue weighted by atomic mass is 10.2. The monoisotopic (exact) mass is 359 g/mol. The molecule has 2 aromatic heterocycles. The molecule has 3 rings (SSSR count). The van der Waals surface area contributed by atoms with Gasteiger partial charge in [-0.2, -0.15) is 0 Å². The van der Waals surface area contributed by atoms with E-state index in [2.05, 4.69) is 24.0 Å². The van der Waals surface area contributed by atoms with Gasteiger partial charge in [-0.05, 0) is 49.7 Å². The fourth-order valence-electron chi connectivity index (χ4n) is 2.41. The number of hydrogen-bond acceptors (Lipinski definition) is 5. The predicted octanol–water partition coefficient (Wildman–Crippen LogP) is 4.13. The molecule has 0 fully saturated rings. The number of aromatic nitrogens is 1. The van der Waals surface area contributed by atoms with Crippen molar-refractivity contribution >= 4 is 43.9 Å². The van der Waals surface area contributed by atoms with Crippen LogP contribution in [0.25, 0.3) is 10.2 Å². The molecule has 0 saturated heterocycles. The third kappa shape index (κ3) is 3.66. The van der Waals surface area contributed by atoms with Gasteiger partial charge in [0.2, 0.25) is 0 Å². The van der Waals surface area contributed by atoms with Gasteiger partial charge in [0, 0.05) is 13.1 Å². The van der Waals surface area contributed by atoms with Crippen molar-refractivity contribution in [3.63, 3.8) is 0 Å². The molecule has 0 saturated carbocycles. The standard InChI is InChI=1S/C18H21N3OS2/c1-4-13-7-8-14-16(12-13)24-18(19-14)21(10-9-20(2)3)17(22)15-6-5-11-23-15/h5-8,11-12H,4,9-10H2,1-3H3. The van der Waals surface area contributed by atoms with Gasteiger partial charge in [0.05, 0.1) is 15.1 Å². The van der Waals surface area contributed by atoms with E-state index in [1.165, 1.54) is 16.9 Å². The second-order valence-corrected chi connectivity index (χ2v) is 7.85. The lowest BCUT2D eigenvalue weighted by molar-refractivity contribution is 0.0989. The van der Waals surface area contributed by atoms with Crippen LogP contribution in [0, 0.1) is 0 Å². The van der Waals surface area contributed by atoms with Gasteiger partial charge in [0.15, 0.2) is 5.13 Å². The minimum absolute atomic E-state index is 0.0293. The first-order valence-corrected chi connectivity index (χ1v) is 9.67. The minimum Gasteiger partial charge on any atom is -0.308 e. The van der Waals surface area contributed by atoms with Crippen LogP contribution < -0.4 is 4.90 Å². The molecule has 0 radical (unpaired) electrons. The molecular formula is C18H21N3OS2. The SMILES string of the molecule is CCc1ccc2nc(N(CCN(C)C)C(=O)c3cccs3)sc2c1. The molecule has 0 spiro atoms. The van der Waals surface area contributed by atoms with Gasteiger partial charge in [-0.25, -0.2) is 4.98 Å². The topological polar surface area (TPSA) is 36.4 Å². The number of fused-ring (bicyclic) bond motifs is 1. The number of nitrogens with zero attached hydrogens (tertiary/aromatic N) is 3. The summed E-state index contributed by atoms with van der Waals surface area (Å²) in [6, 6.07) is 10.1. The van der Waals surface area contributed by atoms with Crippen LogP contribution in [0.2, 0.25) is 0 Å². The van der Waals surface area contributed by atoms with Crippen LogP contribution in [-0.2, 0) is 6.42 Å². The molecule has 0 atom stereocenters. The Labute approximate surface area is 150 Å². The average molecular weight is 360 g/mol. The third-order valence-electron chi connectivity index (χ3n) is 3.83. The Morgan fingerprint density at radius 1 is 1.21 bits per heavy atom. The summed E-state index contributed by atoms with van der Waals surface area (Å²) >= 11 is 3.07. The number of anilines is 1. The summed E-state index contributed by atoms with van der Waals surface area (Å²) in [6.45, 7) is 3.57. The normalized spacial score (nSPS) is 11.3. The lowest BCUT2D eigenvalue weighted by Crippen LogP contribution is -2.36. The van der Waals surface area contributed by atoms with Gasteiger partial charge in [-0.1, -0.05) is 30.4 Å². The Morgan fingerprint density at radius 3 is 2.71 bits per heavy atom. The Hall–Kier alpha value is -1.76. The van der Waals surface area contributed by atoms with Crippen LogP contribution in [0.4, 0.5) is 5.13 Å². The molecule has 0 aliphatic rings. The van der Waals surface area contributed by atoms with E-state index >= 15 is 0 Å². The summed E-state index contributed by atoms with van der Waals surface area (Å²) in [5.74, 6) is 0.0293. The van der Waals surface area contributed by atoms with Crippen molar-refractivity contribution in [3.05, 3.63) is 46.2 Å². The summed E-state index contributed by atoms with van der Waals surface area (Å²) in [7, 11) is 4.03. The van der Waals surface area contributed by atoms with E-state index in [-0.39, 0.29) is 5.91 Å². The fraction of sp³-hybridized carbons (Fsp3) is 0.333. The number of hydrogen-bond donors (Lipinski definition) is 0. The van der Waals surface area contributed by atoms with Crippen LogP contribution in [-0.4, -0.2) is 43.0 Å². The quantitative estimate of drug-likeness (QED) is 0.664. The van der Waals surface area contributed by atoms with E-state index in [4.69, 9.17) is 4.98 Å². The van der Waals surface area contributed by atoms with Gasteiger partial charge >= 0.3 is 0 Å². The zero-order chi connectivity index (χ0) is 17.1. The van der Waals surface area contributed by atoms with Crippen molar-refractivity contribution in [1.82, 2.24) is 9.88 Å². The summed E-state index contributed by atoms with van der Waals surface area (Å²) < 4.78 is 1.14. The number of likely N-dealkylation sites (N-methyl/N-ethyl adjacent to an activating group) is 1. The molecule has 4 nitrogen and oxygen atoms in total. The van der Waals surface area contributed by atoms with E-state index in [0.717, 1.165) is 33.2 Å². The van der Waals surface area contributed by atoms with Gasteiger partial charge in [-0.15, -0.1) is 11.3 Å². The molecule has 126 valence electrons. The molecule has 24 heavy (non-hydrogen) atoms. The highest BCUT2D eigenvalue weighted by molar-refractivity contribution is 7.22. The Bertz CT molecular complexity index is 824. The van der Waals surface area contributed by atoms with Crippen LogP contribution in [0.1, 0.15) is 22.2 Å². The van der Waals surface area contributed by atoms with Gasteiger partial charge in [0.1, 0.15) is 0 Å². The van der Waals surface area contributed by atoms with Gasteiger partial charge in [0.25, 0.3) is 5.91 Å². The molecule has 0 bridgehead atoms. The third-order valence-corrected chi connectivity index (χ3v) is 5.73. The van der Waals surface area contributed by atoms with E-state index in [1.807, 2.05) is 42.6 Å². The average Bonchev–Trinajstić information content (AvgIpc) is 3.23. The largest absolute Gasteiger partial charge is 0.308 e. The zero-order valence-electron chi connectivity index (χ0n) is 14.2. The van der Waals surface area contributed by atoms with Crippen molar-refractivity contribution in [1.29, 1.82) is 0 Å². The molecule has 0 unspecified atom stereocenters. The van der Waals surface area contributed by atoms with Gasteiger partial charge in [-0.3, -0.25) is 9.69 Å². The van der Waals surface area contributed by atoms with E-state index in [1.54, 1.807) is 11.3 Å². The highest BCUT2D eigenvalue weighted by atomic mass is 32.1. The zero-order valence-corrected chi connectivity index (χ0v) is 15.8. The number of rotatable bonds is 6.